The van der Waals surface area contributed by atoms with Gasteiger partial charge in [0.1, 0.15) is 18.3 Å². The van der Waals surface area contributed by atoms with E-state index in [0.717, 1.165) is 5.56 Å². The smallest absolute Gasteiger partial charge is 0.190 e. The van der Waals surface area contributed by atoms with Crippen LogP contribution in [0.1, 0.15) is 26.3 Å². The summed E-state index contributed by atoms with van der Waals surface area (Å²) in [7, 11) is 0. The Kier molecular flexibility index (Phi) is 4.03. The first-order valence-electron chi connectivity index (χ1n) is 7.31. The van der Waals surface area contributed by atoms with Crippen molar-refractivity contribution in [3.05, 3.63) is 35.9 Å². The lowest BCUT2D eigenvalue weighted by atomic mass is 10.1. The molecule has 2 heterocycles. The largest absolute Gasteiger partial charge is 0.391 e. The zero-order valence-electron chi connectivity index (χ0n) is 12.6. The molecule has 0 aliphatic carbocycles. The first-order chi connectivity index (χ1) is 9.96. The third-order valence-corrected chi connectivity index (χ3v) is 3.79. The molecule has 2 saturated heterocycles. The van der Waals surface area contributed by atoms with Gasteiger partial charge in [-0.1, -0.05) is 30.3 Å². The Morgan fingerprint density at radius 2 is 1.95 bits per heavy atom. The van der Waals surface area contributed by atoms with Crippen molar-refractivity contribution in [3.63, 3.8) is 0 Å². The first-order valence-corrected chi connectivity index (χ1v) is 7.31. The van der Waals surface area contributed by atoms with E-state index in [0.29, 0.717) is 6.61 Å². The highest BCUT2D eigenvalue weighted by atomic mass is 16.8. The molecular weight excluding hydrogens is 272 g/mol. The molecule has 2 unspecified atom stereocenters. The van der Waals surface area contributed by atoms with Crippen molar-refractivity contribution in [2.45, 2.75) is 63.9 Å². The third kappa shape index (κ3) is 3.12. The molecule has 2 fully saturated rings. The zero-order valence-corrected chi connectivity index (χ0v) is 12.6. The van der Waals surface area contributed by atoms with Gasteiger partial charge in [-0.25, -0.2) is 0 Å². The van der Waals surface area contributed by atoms with Gasteiger partial charge in [-0.2, -0.15) is 0 Å². The minimum Gasteiger partial charge on any atom is -0.391 e. The molecule has 5 nitrogen and oxygen atoms in total. The maximum absolute atomic E-state index is 9.89. The number of hydrogen-bond donors (Lipinski definition) is 1. The Labute approximate surface area is 124 Å². The molecule has 5 atom stereocenters. The van der Waals surface area contributed by atoms with Gasteiger partial charge in [0.05, 0.1) is 12.7 Å². The summed E-state index contributed by atoms with van der Waals surface area (Å²) in [5.41, 5.74) is 1.07. The molecule has 0 saturated carbocycles. The number of ether oxygens (including phenoxy) is 4. The van der Waals surface area contributed by atoms with E-state index in [4.69, 9.17) is 18.9 Å². The van der Waals surface area contributed by atoms with Crippen LogP contribution in [0.15, 0.2) is 30.3 Å². The average molecular weight is 294 g/mol. The minimum atomic E-state index is -0.687. The fraction of sp³-hybridized carbons (Fsp3) is 0.625. The van der Waals surface area contributed by atoms with Gasteiger partial charge in [-0.05, 0) is 26.3 Å². The van der Waals surface area contributed by atoms with E-state index in [1.54, 1.807) is 6.92 Å². The lowest BCUT2D eigenvalue weighted by Crippen LogP contribution is -2.41. The van der Waals surface area contributed by atoms with E-state index in [1.165, 1.54) is 0 Å². The van der Waals surface area contributed by atoms with Gasteiger partial charge in [0, 0.05) is 0 Å². The molecule has 0 bridgehead atoms. The van der Waals surface area contributed by atoms with Crippen LogP contribution in [-0.4, -0.2) is 41.6 Å². The normalized spacial score (nSPS) is 35.6. The molecule has 2 aliphatic rings. The average Bonchev–Trinajstić information content (AvgIpc) is 2.90. The van der Waals surface area contributed by atoms with Crippen LogP contribution in [0.5, 0.6) is 0 Å². The van der Waals surface area contributed by atoms with E-state index in [-0.39, 0.29) is 12.2 Å². The fourth-order valence-corrected chi connectivity index (χ4v) is 2.85. The summed E-state index contributed by atoms with van der Waals surface area (Å²) in [6, 6.07) is 9.91. The highest BCUT2D eigenvalue weighted by Crippen LogP contribution is 2.39. The van der Waals surface area contributed by atoms with Crippen LogP contribution < -0.4 is 0 Å². The van der Waals surface area contributed by atoms with Crippen LogP contribution in [0.3, 0.4) is 0 Å². The Hall–Kier alpha value is -0.980. The highest BCUT2D eigenvalue weighted by molar-refractivity contribution is 5.13. The number of rotatable bonds is 4. The summed E-state index contributed by atoms with van der Waals surface area (Å²) in [6.45, 7) is 5.83. The van der Waals surface area contributed by atoms with E-state index < -0.39 is 24.3 Å². The lowest BCUT2D eigenvalue weighted by molar-refractivity contribution is -0.229. The molecule has 0 amide bonds. The van der Waals surface area contributed by atoms with Gasteiger partial charge >= 0.3 is 0 Å². The van der Waals surface area contributed by atoms with E-state index in [1.807, 2.05) is 44.2 Å². The molecule has 2 aliphatic heterocycles. The summed E-state index contributed by atoms with van der Waals surface area (Å²) in [5, 5.41) is 9.89. The second-order valence-corrected chi connectivity index (χ2v) is 6.07. The monoisotopic (exact) mass is 294 g/mol. The second-order valence-electron chi connectivity index (χ2n) is 6.07. The summed E-state index contributed by atoms with van der Waals surface area (Å²) in [4.78, 5) is 0. The predicted octanol–water partition coefficient (Wildman–Crippen LogP) is 1.83. The molecule has 0 aromatic heterocycles. The van der Waals surface area contributed by atoms with E-state index >= 15 is 0 Å². The van der Waals surface area contributed by atoms with Crippen LogP contribution in [0.4, 0.5) is 0 Å². The van der Waals surface area contributed by atoms with Crippen molar-refractivity contribution in [1.29, 1.82) is 0 Å². The van der Waals surface area contributed by atoms with Gasteiger partial charge in [0.25, 0.3) is 0 Å². The van der Waals surface area contributed by atoms with Crippen molar-refractivity contribution >= 4 is 0 Å². The van der Waals surface area contributed by atoms with Crippen LogP contribution in [0.2, 0.25) is 0 Å². The quantitative estimate of drug-likeness (QED) is 0.918. The molecule has 3 rings (SSSR count). The minimum absolute atomic E-state index is 0.316. The molecule has 21 heavy (non-hydrogen) atoms. The summed E-state index contributed by atoms with van der Waals surface area (Å²) >= 11 is 0. The van der Waals surface area contributed by atoms with Gasteiger partial charge in [0.2, 0.25) is 0 Å². The molecule has 1 aromatic carbocycles. The van der Waals surface area contributed by atoms with Gasteiger partial charge < -0.3 is 24.1 Å². The Morgan fingerprint density at radius 3 is 2.62 bits per heavy atom. The van der Waals surface area contributed by atoms with Crippen LogP contribution in [-0.2, 0) is 25.6 Å². The molecular formula is C16H22O5. The summed E-state index contributed by atoms with van der Waals surface area (Å²) in [6.07, 6.45) is -2.24. The van der Waals surface area contributed by atoms with Crippen LogP contribution in [0, 0.1) is 0 Å². The SMILES string of the molecule is C[C@@H](O)[C@H]1O[C@@H]2OC(C)(C)OC2C1OCc1ccccc1. The number of hydrogen-bond acceptors (Lipinski definition) is 5. The molecule has 1 N–H and O–H groups in total. The van der Waals surface area contributed by atoms with Crippen molar-refractivity contribution in [2.75, 3.05) is 0 Å². The lowest BCUT2D eigenvalue weighted by Gasteiger charge is -2.27. The molecule has 1 aromatic rings. The summed E-state index contributed by atoms with van der Waals surface area (Å²) < 4.78 is 23.3. The fourth-order valence-electron chi connectivity index (χ4n) is 2.85. The van der Waals surface area contributed by atoms with Gasteiger partial charge in [0.15, 0.2) is 12.1 Å². The standard InChI is InChI=1S/C16H22O5/c1-10(17)12-13(18-9-11-7-5-4-6-8-11)14-15(19-12)21-16(2,3)20-14/h4-8,10,12-15,17H,9H2,1-3H3/t10-,12-,13?,14?,15-/m1/s1. The predicted molar refractivity (Wildman–Crippen MR) is 75.4 cm³/mol. The van der Waals surface area contributed by atoms with Crippen molar-refractivity contribution < 1.29 is 24.1 Å². The van der Waals surface area contributed by atoms with Crippen LogP contribution in [0.25, 0.3) is 0 Å². The Bertz CT molecular complexity index is 473. The summed E-state index contributed by atoms with van der Waals surface area (Å²) in [5.74, 6) is -0.687. The Balaban J connectivity index is 1.70. The first kappa shape index (κ1) is 14.9. The van der Waals surface area contributed by atoms with Gasteiger partial charge in [-0.15, -0.1) is 0 Å². The van der Waals surface area contributed by atoms with Crippen molar-refractivity contribution in [1.82, 2.24) is 0 Å². The number of aliphatic hydroxyl groups excluding tert-OH is 1. The maximum atomic E-state index is 9.89. The number of fused-ring (bicyclic) bond motifs is 1. The van der Waals surface area contributed by atoms with Crippen LogP contribution >= 0.6 is 0 Å². The molecule has 5 heteroatoms. The highest BCUT2D eigenvalue weighted by Gasteiger charge is 2.56. The molecule has 0 radical (unpaired) electrons. The van der Waals surface area contributed by atoms with Gasteiger partial charge in [-0.3, -0.25) is 0 Å². The van der Waals surface area contributed by atoms with Crippen molar-refractivity contribution in [2.24, 2.45) is 0 Å². The number of benzene rings is 1. The number of aliphatic hydroxyl groups is 1. The topological polar surface area (TPSA) is 57.2 Å². The third-order valence-electron chi connectivity index (χ3n) is 3.79. The van der Waals surface area contributed by atoms with Crippen molar-refractivity contribution in [3.8, 4) is 0 Å². The molecule has 116 valence electrons. The zero-order chi connectivity index (χ0) is 15.0. The van der Waals surface area contributed by atoms with E-state index in [9.17, 15) is 5.11 Å². The maximum Gasteiger partial charge on any atom is 0.190 e. The Morgan fingerprint density at radius 1 is 1.24 bits per heavy atom. The van der Waals surface area contributed by atoms with E-state index in [2.05, 4.69) is 0 Å². The molecule has 0 spiro atoms. The second kappa shape index (κ2) is 5.66.